The summed E-state index contributed by atoms with van der Waals surface area (Å²) in [6.45, 7) is 3.28. The van der Waals surface area contributed by atoms with Crippen LogP contribution in [0, 0.1) is 0 Å². The zero-order valence-electron chi connectivity index (χ0n) is 41.6. The number of ether oxygens (including phenoxy) is 11. The molecule has 1 aliphatic carbocycles. The molecule has 410 valence electrons. The summed E-state index contributed by atoms with van der Waals surface area (Å²) in [4.78, 5) is 116. The van der Waals surface area contributed by atoms with Crippen LogP contribution in [0.4, 0.5) is 0 Å². The van der Waals surface area contributed by atoms with Gasteiger partial charge in [0.15, 0.2) is 49.2 Å². The summed E-state index contributed by atoms with van der Waals surface area (Å²) in [6.07, 6.45) is -22.5. The zero-order valence-corrected chi connectivity index (χ0v) is 41.6. The number of carbonyl (C=O) groups excluding carboxylic acids is 8. The zero-order chi connectivity index (χ0) is 56.2. The van der Waals surface area contributed by atoms with Crippen molar-refractivity contribution in [3.63, 3.8) is 0 Å². The molecular weight excluding hydrogens is 1030 g/mol. The molecule has 2 aromatic rings. The van der Waals surface area contributed by atoms with Crippen LogP contribution in [-0.2, 0) is 80.9 Å². The van der Waals surface area contributed by atoms with Crippen molar-refractivity contribution in [3.05, 3.63) is 114 Å². The van der Waals surface area contributed by atoms with Gasteiger partial charge in [0.05, 0.1) is 35.9 Å². The molecule has 15 atom stereocenters. The number of rotatable bonds is 23. The standard InChI is InChI=1S/C45H51N13O19/c1-21(59)67-20-32-37(70-24(4)62)38(71-25(5)63)33(54-58-49)44(73-32)76-35-29(53-57-48)18-28(52-41(64)30(68-22(2)60)16-17-50-55-46)34(69-23(3)61)39(35)77-45-40(75-43(66)27-14-10-7-11-15-27)36(31(72-45)19-51-56-47)74-42(65)26-12-8-6-9-13-26/h6-15,28-40,44-45H,16-20H2,1-5H3,(H,52,64)/t28-,29+,30+,31-,32-,33-,34+,35-,36-,37-,38-,39-,40-,44-,45+/m1/s1. The van der Waals surface area contributed by atoms with Crippen molar-refractivity contribution < 1.29 is 90.5 Å². The minimum atomic E-state index is -2.03. The Hall–Kier alpha value is -8.72. The minimum absolute atomic E-state index is 0.0162. The van der Waals surface area contributed by atoms with E-state index in [4.69, 9.17) is 57.6 Å². The maximum absolute atomic E-state index is 14.1. The van der Waals surface area contributed by atoms with Crippen LogP contribution in [0.5, 0.6) is 0 Å². The minimum Gasteiger partial charge on any atom is -0.463 e. The second-order valence-electron chi connectivity index (χ2n) is 16.9. The third kappa shape index (κ3) is 16.6. The van der Waals surface area contributed by atoms with Crippen molar-refractivity contribution in [2.75, 3.05) is 19.7 Å². The molecule has 1 saturated carbocycles. The lowest BCUT2D eigenvalue weighted by Gasteiger charge is -2.49. The molecule has 77 heavy (non-hydrogen) atoms. The molecule has 5 rings (SSSR count). The number of hydrogen-bond acceptors (Lipinski definition) is 23. The van der Waals surface area contributed by atoms with E-state index in [1.165, 1.54) is 48.5 Å². The summed E-state index contributed by atoms with van der Waals surface area (Å²) in [5, 5.41) is 17.2. The van der Waals surface area contributed by atoms with Gasteiger partial charge in [0.1, 0.15) is 31.0 Å². The van der Waals surface area contributed by atoms with Gasteiger partial charge in [0.2, 0.25) is 0 Å². The topological polar surface area (TPSA) is 445 Å². The van der Waals surface area contributed by atoms with Gasteiger partial charge in [-0.2, -0.15) is 0 Å². The lowest BCUT2D eigenvalue weighted by atomic mass is 9.83. The Morgan fingerprint density at radius 3 is 1.66 bits per heavy atom. The molecule has 0 radical (unpaired) electrons. The van der Waals surface area contributed by atoms with Crippen molar-refractivity contribution in [2.45, 2.75) is 139 Å². The normalized spacial score (nSPS) is 27.5. The summed E-state index contributed by atoms with van der Waals surface area (Å²) in [7, 11) is 0. The van der Waals surface area contributed by atoms with E-state index < -0.39 is 159 Å². The summed E-state index contributed by atoms with van der Waals surface area (Å²) in [5.41, 5.74) is 38.3. The Bertz CT molecular complexity index is 2670. The Labute approximate surface area is 435 Å². The van der Waals surface area contributed by atoms with Crippen LogP contribution in [0.2, 0.25) is 0 Å². The van der Waals surface area contributed by atoms with E-state index in [1.54, 1.807) is 12.1 Å². The third-order valence-electron chi connectivity index (χ3n) is 11.4. The van der Waals surface area contributed by atoms with Gasteiger partial charge in [-0.05, 0) is 59.2 Å². The van der Waals surface area contributed by atoms with Crippen LogP contribution in [0.3, 0.4) is 0 Å². The van der Waals surface area contributed by atoms with E-state index in [1.807, 2.05) is 0 Å². The molecule has 32 nitrogen and oxygen atoms in total. The van der Waals surface area contributed by atoms with Crippen LogP contribution in [0.15, 0.2) is 81.1 Å². The van der Waals surface area contributed by atoms with Crippen LogP contribution >= 0.6 is 0 Å². The fourth-order valence-electron chi connectivity index (χ4n) is 8.44. The van der Waals surface area contributed by atoms with E-state index in [0.717, 1.165) is 34.6 Å². The highest BCUT2D eigenvalue weighted by Gasteiger charge is 2.58. The molecule has 2 aromatic carbocycles. The number of esters is 7. The lowest BCUT2D eigenvalue weighted by Crippen LogP contribution is -2.67. The SMILES string of the molecule is CC(=O)OC[C@H]1O[C@H](O[C@H]2[C@H](O[C@@H]3O[C@H](CN=[N+]=[N-])[C@@H](OC(=O)c4ccccc4)[C@H]3OC(=O)c3ccccc3)[C@@H](OC(C)=O)[C@H](NC(=O)[C@H](CCN=[N+]=[N-])OC(C)=O)C[C@@H]2N=[N+]=[N-])[C@H](N=[N+]=[N-])[C@@H](OC(C)=O)[C@@H]1OC(C)=O. The molecule has 32 heteroatoms. The maximum atomic E-state index is 14.1. The second kappa shape index (κ2) is 28.8. The Morgan fingerprint density at radius 1 is 0.584 bits per heavy atom. The molecule has 0 bridgehead atoms. The van der Waals surface area contributed by atoms with Gasteiger partial charge >= 0.3 is 41.8 Å². The highest BCUT2D eigenvalue weighted by atomic mass is 16.8. The van der Waals surface area contributed by atoms with Crippen molar-refractivity contribution >= 4 is 47.7 Å². The number of nitrogens with zero attached hydrogens (tertiary/aromatic N) is 12. The van der Waals surface area contributed by atoms with Crippen LogP contribution < -0.4 is 5.32 Å². The maximum Gasteiger partial charge on any atom is 0.338 e. The monoisotopic (exact) mass is 1080 g/mol. The first kappa shape index (κ1) is 59.2. The molecule has 2 heterocycles. The fraction of sp³-hybridized carbons (Fsp3) is 0.556. The first-order valence-electron chi connectivity index (χ1n) is 23.3. The molecule has 2 saturated heterocycles. The van der Waals surface area contributed by atoms with E-state index in [2.05, 4.69) is 45.4 Å². The van der Waals surface area contributed by atoms with E-state index in [9.17, 15) is 54.9 Å². The van der Waals surface area contributed by atoms with Crippen molar-refractivity contribution in [1.29, 1.82) is 0 Å². The summed E-state index contributed by atoms with van der Waals surface area (Å²) < 4.78 is 64.9. The second-order valence-corrected chi connectivity index (χ2v) is 16.9. The number of amides is 1. The Kier molecular flexibility index (Phi) is 22.1. The van der Waals surface area contributed by atoms with Crippen molar-refractivity contribution in [1.82, 2.24) is 5.32 Å². The number of benzene rings is 2. The largest absolute Gasteiger partial charge is 0.463 e. The highest BCUT2D eigenvalue weighted by Crippen LogP contribution is 2.39. The average molecular weight is 1080 g/mol. The molecule has 0 unspecified atom stereocenters. The first-order valence-corrected chi connectivity index (χ1v) is 23.3. The molecule has 1 amide bonds. The van der Waals surface area contributed by atoms with Crippen molar-refractivity contribution in [3.8, 4) is 0 Å². The van der Waals surface area contributed by atoms with Crippen LogP contribution in [-0.4, -0.2) is 159 Å². The molecule has 2 aliphatic heterocycles. The van der Waals surface area contributed by atoms with Gasteiger partial charge in [0.25, 0.3) is 5.91 Å². The Morgan fingerprint density at radius 2 is 1.12 bits per heavy atom. The third-order valence-corrected chi connectivity index (χ3v) is 11.4. The predicted octanol–water partition coefficient (Wildman–Crippen LogP) is 4.20. The van der Waals surface area contributed by atoms with E-state index in [0.29, 0.717) is 0 Å². The number of nitrogens with one attached hydrogen (secondary N) is 1. The fourth-order valence-corrected chi connectivity index (χ4v) is 8.44. The van der Waals surface area contributed by atoms with Crippen molar-refractivity contribution in [2.24, 2.45) is 20.5 Å². The molecule has 0 spiro atoms. The average Bonchev–Trinajstić information content (AvgIpc) is 3.71. The van der Waals surface area contributed by atoms with Gasteiger partial charge in [-0.25, -0.2) is 9.59 Å². The molecule has 0 aromatic heterocycles. The summed E-state index contributed by atoms with van der Waals surface area (Å²) >= 11 is 0. The Balaban J connectivity index is 1.73. The van der Waals surface area contributed by atoms with E-state index >= 15 is 0 Å². The first-order chi connectivity index (χ1) is 36.9. The summed E-state index contributed by atoms with van der Waals surface area (Å²) in [6, 6.07) is 9.88. The van der Waals surface area contributed by atoms with Crippen LogP contribution in [0.1, 0.15) is 68.2 Å². The number of hydrogen-bond donors (Lipinski definition) is 1. The van der Waals surface area contributed by atoms with Gasteiger partial charge < -0.3 is 57.4 Å². The smallest absolute Gasteiger partial charge is 0.338 e. The molecule has 3 fully saturated rings. The molecular formula is C45H51N13O19. The van der Waals surface area contributed by atoms with Crippen LogP contribution in [0.25, 0.3) is 41.8 Å². The molecule has 3 aliphatic rings. The summed E-state index contributed by atoms with van der Waals surface area (Å²) in [5.74, 6) is -7.87. The highest BCUT2D eigenvalue weighted by molar-refractivity contribution is 5.90. The van der Waals surface area contributed by atoms with Gasteiger partial charge in [0, 0.05) is 60.8 Å². The van der Waals surface area contributed by atoms with Gasteiger partial charge in [-0.3, -0.25) is 28.8 Å². The van der Waals surface area contributed by atoms with Gasteiger partial charge in [-0.1, -0.05) is 56.9 Å². The van der Waals surface area contributed by atoms with Gasteiger partial charge in [-0.15, -0.1) is 0 Å². The van der Waals surface area contributed by atoms with E-state index in [-0.39, 0.29) is 24.1 Å². The molecule has 1 N–H and O–H groups in total. The predicted molar refractivity (Wildman–Crippen MR) is 252 cm³/mol. The lowest BCUT2D eigenvalue weighted by molar-refractivity contribution is -0.313. The quantitative estimate of drug-likeness (QED) is 0.0535. The number of carbonyl (C=O) groups is 8. The number of azide groups is 4.